The molecular formula is C19H24N4O2. The van der Waals surface area contributed by atoms with Gasteiger partial charge in [-0.25, -0.2) is 9.78 Å². The van der Waals surface area contributed by atoms with Crippen molar-refractivity contribution in [2.24, 2.45) is 5.92 Å². The molecule has 3 heterocycles. The lowest BCUT2D eigenvalue weighted by atomic mass is 9.82. The third-order valence-electron chi connectivity index (χ3n) is 4.94. The smallest absolute Gasteiger partial charge is 0.410 e. The molecule has 132 valence electrons. The molecule has 0 unspecified atom stereocenters. The molecule has 0 spiro atoms. The molecule has 2 aromatic rings. The van der Waals surface area contributed by atoms with Crippen molar-refractivity contribution < 1.29 is 9.53 Å². The minimum Gasteiger partial charge on any atom is -0.444 e. The van der Waals surface area contributed by atoms with Crippen LogP contribution in [0.2, 0.25) is 0 Å². The first-order valence-corrected chi connectivity index (χ1v) is 8.87. The maximum atomic E-state index is 12.4. The van der Waals surface area contributed by atoms with Crippen molar-refractivity contribution in [2.45, 2.75) is 38.8 Å². The summed E-state index contributed by atoms with van der Waals surface area (Å²) in [6.45, 7) is 8.25. The Morgan fingerprint density at radius 3 is 2.72 bits per heavy atom. The Balaban J connectivity index is 1.49. The van der Waals surface area contributed by atoms with Gasteiger partial charge in [-0.1, -0.05) is 12.1 Å². The first kappa shape index (κ1) is 16.1. The van der Waals surface area contributed by atoms with Crippen molar-refractivity contribution in [1.82, 2.24) is 14.9 Å². The van der Waals surface area contributed by atoms with E-state index < -0.39 is 5.60 Å². The normalized spacial score (nSPS) is 23.2. The number of para-hydroxylation sites is 2. The van der Waals surface area contributed by atoms with E-state index in [9.17, 15) is 4.79 Å². The van der Waals surface area contributed by atoms with E-state index in [0.29, 0.717) is 5.92 Å². The molecule has 0 aliphatic carbocycles. The number of aromatic nitrogens is 2. The van der Waals surface area contributed by atoms with Gasteiger partial charge in [0.2, 0.25) is 0 Å². The van der Waals surface area contributed by atoms with Gasteiger partial charge in [-0.05, 0) is 39.3 Å². The van der Waals surface area contributed by atoms with E-state index >= 15 is 0 Å². The highest BCUT2D eigenvalue weighted by Gasteiger charge is 2.46. The standard InChI is InChI=1S/C19H24N4O2/c1-19(2,3)25-18(24)23-11-13-8-9-22(12-16(13)23)17-10-20-14-6-4-5-7-15(14)21-17/h4-7,10,13,16H,8-9,11-12H2,1-3H3/t13-,16-/m1/s1. The summed E-state index contributed by atoms with van der Waals surface area (Å²) in [5.41, 5.74) is 1.35. The second-order valence-electron chi connectivity index (χ2n) is 7.91. The Kier molecular flexibility index (Phi) is 3.78. The van der Waals surface area contributed by atoms with Crippen LogP contribution in [0.5, 0.6) is 0 Å². The molecule has 25 heavy (non-hydrogen) atoms. The van der Waals surface area contributed by atoms with Crippen LogP contribution in [0.15, 0.2) is 30.5 Å². The number of hydrogen-bond donors (Lipinski definition) is 0. The monoisotopic (exact) mass is 340 g/mol. The van der Waals surface area contributed by atoms with Gasteiger partial charge >= 0.3 is 6.09 Å². The van der Waals surface area contributed by atoms with Gasteiger partial charge in [-0.3, -0.25) is 4.98 Å². The Labute approximate surface area is 147 Å². The summed E-state index contributed by atoms with van der Waals surface area (Å²) in [5, 5.41) is 0. The molecule has 1 aromatic carbocycles. The fraction of sp³-hybridized carbons (Fsp3) is 0.526. The summed E-state index contributed by atoms with van der Waals surface area (Å²) in [6.07, 6.45) is 2.69. The third kappa shape index (κ3) is 3.13. The first-order valence-electron chi connectivity index (χ1n) is 8.87. The summed E-state index contributed by atoms with van der Waals surface area (Å²) >= 11 is 0. The van der Waals surface area contributed by atoms with Crippen LogP contribution in [-0.2, 0) is 4.74 Å². The maximum Gasteiger partial charge on any atom is 0.410 e. The third-order valence-corrected chi connectivity index (χ3v) is 4.94. The van der Waals surface area contributed by atoms with E-state index in [4.69, 9.17) is 9.72 Å². The molecule has 0 radical (unpaired) electrons. The number of likely N-dealkylation sites (tertiary alicyclic amines) is 1. The van der Waals surface area contributed by atoms with Crippen LogP contribution in [0, 0.1) is 5.92 Å². The molecule has 6 heteroatoms. The largest absolute Gasteiger partial charge is 0.444 e. The average Bonchev–Trinajstić information content (AvgIpc) is 2.54. The van der Waals surface area contributed by atoms with Crippen molar-refractivity contribution in [3.8, 4) is 0 Å². The zero-order valence-electron chi connectivity index (χ0n) is 15.0. The van der Waals surface area contributed by atoms with E-state index in [2.05, 4.69) is 9.88 Å². The molecule has 2 saturated heterocycles. The summed E-state index contributed by atoms with van der Waals surface area (Å²) in [6, 6.07) is 8.10. The van der Waals surface area contributed by atoms with E-state index in [1.165, 1.54) is 0 Å². The number of fused-ring (bicyclic) bond motifs is 2. The SMILES string of the molecule is CC(C)(C)OC(=O)N1C[C@H]2CCN(c3cnc4ccccc4n3)C[C@H]21. The molecule has 1 aromatic heterocycles. The van der Waals surface area contributed by atoms with Crippen molar-refractivity contribution in [3.63, 3.8) is 0 Å². The average molecular weight is 340 g/mol. The number of nitrogens with zero attached hydrogens (tertiary/aromatic N) is 4. The fourth-order valence-corrected chi connectivity index (χ4v) is 3.63. The summed E-state index contributed by atoms with van der Waals surface area (Å²) in [4.78, 5) is 25.7. The number of anilines is 1. The zero-order valence-corrected chi connectivity index (χ0v) is 15.0. The topological polar surface area (TPSA) is 58.6 Å². The van der Waals surface area contributed by atoms with Gasteiger partial charge in [0, 0.05) is 25.6 Å². The number of carbonyl (C=O) groups is 1. The highest BCUT2D eigenvalue weighted by Crippen LogP contribution is 2.35. The summed E-state index contributed by atoms with van der Waals surface area (Å²) in [7, 11) is 0. The van der Waals surface area contributed by atoms with Gasteiger partial charge in [-0.2, -0.15) is 0 Å². The number of ether oxygens (including phenoxy) is 1. The van der Waals surface area contributed by atoms with E-state index in [0.717, 1.165) is 42.9 Å². The van der Waals surface area contributed by atoms with Crippen molar-refractivity contribution in [2.75, 3.05) is 24.5 Å². The van der Waals surface area contributed by atoms with Crippen LogP contribution in [0.1, 0.15) is 27.2 Å². The Hall–Kier alpha value is -2.37. The molecule has 0 N–H and O–H groups in total. The van der Waals surface area contributed by atoms with Crippen molar-refractivity contribution in [3.05, 3.63) is 30.5 Å². The molecule has 1 amide bonds. The van der Waals surface area contributed by atoms with Gasteiger partial charge in [0.1, 0.15) is 11.4 Å². The Bertz CT molecular complexity index is 801. The number of rotatable bonds is 1. The Morgan fingerprint density at radius 2 is 1.96 bits per heavy atom. The second-order valence-corrected chi connectivity index (χ2v) is 7.91. The first-order chi connectivity index (χ1) is 11.9. The highest BCUT2D eigenvalue weighted by atomic mass is 16.6. The lowest BCUT2D eigenvalue weighted by Crippen LogP contribution is -2.66. The van der Waals surface area contributed by atoms with Crippen molar-refractivity contribution in [1.29, 1.82) is 0 Å². The molecule has 0 bridgehead atoms. The predicted molar refractivity (Wildman–Crippen MR) is 96.6 cm³/mol. The quantitative estimate of drug-likeness (QED) is 0.798. The number of benzene rings is 1. The second kappa shape index (κ2) is 5.86. The van der Waals surface area contributed by atoms with Crippen LogP contribution < -0.4 is 4.90 Å². The molecule has 0 saturated carbocycles. The van der Waals surface area contributed by atoms with Gasteiger partial charge in [0.05, 0.1) is 23.3 Å². The summed E-state index contributed by atoms with van der Waals surface area (Å²) < 4.78 is 5.53. The lowest BCUT2D eigenvalue weighted by Gasteiger charge is -2.53. The molecule has 2 atom stereocenters. The predicted octanol–water partition coefficient (Wildman–Crippen LogP) is 3.08. The van der Waals surface area contributed by atoms with E-state index in [1.54, 1.807) is 0 Å². The minimum absolute atomic E-state index is 0.205. The summed E-state index contributed by atoms with van der Waals surface area (Å²) in [5.74, 6) is 1.45. The van der Waals surface area contributed by atoms with Crippen LogP contribution in [-0.4, -0.2) is 52.2 Å². The van der Waals surface area contributed by atoms with Gasteiger partial charge in [0.15, 0.2) is 0 Å². The van der Waals surface area contributed by atoms with Crippen LogP contribution >= 0.6 is 0 Å². The number of hydrogen-bond acceptors (Lipinski definition) is 5. The molecule has 6 nitrogen and oxygen atoms in total. The maximum absolute atomic E-state index is 12.4. The minimum atomic E-state index is -0.458. The van der Waals surface area contributed by atoms with E-state index in [1.807, 2.05) is 56.1 Å². The fourth-order valence-electron chi connectivity index (χ4n) is 3.63. The number of carbonyl (C=O) groups excluding carboxylic acids is 1. The molecule has 2 aliphatic rings. The zero-order chi connectivity index (χ0) is 17.6. The van der Waals surface area contributed by atoms with Crippen molar-refractivity contribution >= 4 is 22.9 Å². The van der Waals surface area contributed by atoms with Gasteiger partial charge in [0.25, 0.3) is 0 Å². The highest BCUT2D eigenvalue weighted by molar-refractivity contribution is 5.75. The van der Waals surface area contributed by atoms with Crippen LogP contribution in [0.4, 0.5) is 10.6 Å². The van der Waals surface area contributed by atoms with E-state index in [-0.39, 0.29) is 12.1 Å². The number of amides is 1. The van der Waals surface area contributed by atoms with Gasteiger partial charge < -0.3 is 14.5 Å². The lowest BCUT2D eigenvalue weighted by molar-refractivity contribution is -0.0346. The molecular weight excluding hydrogens is 316 g/mol. The van der Waals surface area contributed by atoms with Gasteiger partial charge in [-0.15, -0.1) is 0 Å². The van der Waals surface area contributed by atoms with Crippen LogP contribution in [0.25, 0.3) is 11.0 Å². The molecule has 2 aliphatic heterocycles. The Morgan fingerprint density at radius 1 is 1.20 bits per heavy atom. The molecule has 4 rings (SSSR count). The van der Waals surface area contributed by atoms with Crippen LogP contribution in [0.3, 0.4) is 0 Å². The molecule has 2 fully saturated rings. The number of piperidine rings is 1.